The van der Waals surface area contributed by atoms with Crippen LogP contribution in [0.5, 0.6) is 5.75 Å². The number of imide groups is 1. The highest BCUT2D eigenvalue weighted by molar-refractivity contribution is 14.1. The molecular formula is C24H16BrClINO3S. The number of ether oxygens (including phenoxy) is 1. The number of carbonyl (C=O) groups is 2. The van der Waals surface area contributed by atoms with Crippen LogP contribution in [0.2, 0.25) is 5.02 Å². The fourth-order valence-corrected chi connectivity index (χ4v) is 4.84. The molecule has 0 aliphatic carbocycles. The predicted octanol–water partition coefficient (Wildman–Crippen LogP) is 7.52. The van der Waals surface area contributed by atoms with Crippen molar-refractivity contribution < 1.29 is 14.3 Å². The van der Waals surface area contributed by atoms with Crippen molar-refractivity contribution in [1.29, 1.82) is 0 Å². The molecule has 1 heterocycles. The number of carbonyl (C=O) groups excluding carboxylic acids is 2. The third-order valence-corrected chi connectivity index (χ3v) is 7.22. The Balaban J connectivity index is 1.55. The topological polar surface area (TPSA) is 46.6 Å². The van der Waals surface area contributed by atoms with E-state index >= 15 is 0 Å². The van der Waals surface area contributed by atoms with Crippen LogP contribution in [-0.4, -0.2) is 16.0 Å². The molecule has 1 aliphatic heterocycles. The zero-order valence-electron chi connectivity index (χ0n) is 16.6. The summed E-state index contributed by atoms with van der Waals surface area (Å²) in [7, 11) is 0. The van der Waals surface area contributed by atoms with Crippen molar-refractivity contribution in [2.45, 2.75) is 13.2 Å². The van der Waals surface area contributed by atoms with Gasteiger partial charge < -0.3 is 4.74 Å². The van der Waals surface area contributed by atoms with Gasteiger partial charge in [0.2, 0.25) is 0 Å². The first-order chi connectivity index (χ1) is 15.4. The van der Waals surface area contributed by atoms with E-state index in [4.69, 9.17) is 16.3 Å². The van der Waals surface area contributed by atoms with Crippen LogP contribution in [0.25, 0.3) is 6.08 Å². The standard InChI is InChI=1S/C24H16BrClINO3S/c25-18-7-10-21(31-14-16-3-1-2-4-20(16)26)17(11-18)12-22-23(29)28(24(30)32-22)13-15-5-8-19(27)9-6-15/h1-12H,13-14H2/b22-12+. The number of hydrogen-bond acceptors (Lipinski definition) is 4. The lowest BCUT2D eigenvalue weighted by atomic mass is 10.1. The minimum absolute atomic E-state index is 0.243. The molecule has 0 unspecified atom stereocenters. The first-order valence-corrected chi connectivity index (χ1v) is 12.6. The highest BCUT2D eigenvalue weighted by Crippen LogP contribution is 2.36. The Morgan fingerprint density at radius 3 is 2.56 bits per heavy atom. The molecule has 3 aromatic carbocycles. The van der Waals surface area contributed by atoms with E-state index in [1.807, 2.05) is 66.7 Å². The van der Waals surface area contributed by atoms with E-state index < -0.39 is 0 Å². The van der Waals surface area contributed by atoms with E-state index in [0.29, 0.717) is 21.2 Å². The molecule has 1 fully saturated rings. The molecule has 3 aromatic rings. The van der Waals surface area contributed by atoms with Crippen molar-refractivity contribution in [2.24, 2.45) is 0 Å². The van der Waals surface area contributed by atoms with Crippen LogP contribution >= 0.6 is 61.9 Å². The summed E-state index contributed by atoms with van der Waals surface area (Å²) in [5.74, 6) is 0.285. The fourth-order valence-electron chi connectivity index (χ4n) is 3.08. The third-order valence-electron chi connectivity index (χ3n) is 4.73. The van der Waals surface area contributed by atoms with Gasteiger partial charge in [-0.25, -0.2) is 0 Å². The average molecular weight is 641 g/mol. The van der Waals surface area contributed by atoms with Crippen LogP contribution in [0.15, 0.2) is 76.1 Å². The summed E-state index contributed by atoms with van der Waals surface area (Å²) in [6.45, 7) is 0.531. The molecule has 0 saturated carbocycles. The van der Waals surface area contributed by atoms with E-state index in [1.165, 1.54) is 4.90 Å². The Hall–Kier alpha value is -1.81. The van der Waals surface area contributed by atoms with Gasteiger partial charge in [-0.1, -0.05) is 57.9 Å². The second-order valence-electron chi connectivity index (χ2n) is 6.96. The molecule has 32 heavy (non-hydrogen) atoms. The van der Waals surface area contributed by atoms with Gasteiger partial charge in [-0.05, 0) is 82.4 Å². The molecule has 0 bridgehead atoms. The quantitative estimate of drug-likeness (QED) is 0.207. The first kappa shape index (κ1) is 23.4. The number of nitrogens with zero attached hydrogens (tertiary/aromatic N) is 1. The van der Waals surface area contributed by atoms with E-state index in [9.17, 15) is 9.59 Å². The summed E-state index contributed by atoms with van der Waals surface area (Å²) in [5, 5.41) is 0.344. The molecule has 162 valence electrons. The molecule has 8 heteroatoms. The molecular weight excluding hydrogens is 625 g/mol. The van der Waals surface area contributed by atoms with Crippen LogP contribution in [0.3, 0.4) is 0 Å². The molecule has 4 nitrogen and oxygen atoms in total. The highest BCUT2D eigenvalue weighted by Gasteiger charge is 2.35. The first-order valence-electron chi connectivity index (χ1n) is 9.56. The number of hydrogen-bond donors (Lipinski definition) is 0. The fraction of sp³-hybridized carbons (Fsp3) is 0.0833. The normalized spacial score (nSPS) is 15.0. The van der Waals surface area contributed by atoms with Crippen molar-refractivity contribution in [3.8, 4) is 5.75 Å². The molecule has 0 atom stereocenters. The van der Waals surface area contributed by atoms with Gasteiger partial charge in [0.1, 0.15) is 12.4 Å². The van der Waals surface area contributed by atoms with Crippen LogP contribution in [0.4, 0.5) is 4.79 Å². The minimum atomic E-state index is -0.310. The number of amides is 2. The van der Waals surface area contributed by atoms with Crippen LogP contribution in [-0.2, 0) is 17.9 Å². The van der Waals surface area contributed by atoms with Crippen LogP contribution < -0.4 is 4.74 Å². The van der Waals surface area contributed by atoms with E-state index in [1.54, 1.807) is 6.08 Å². The number of benzene rings is 3. The molecule has 4 rings (SSSR count). The summed E-state index contributed by atoms with van der Waals surface area (Å²) >= 11 is 12.8. The highest BCUT2D eigenvalue weighted by atomic mass is 127. The Bertz CT molecular complexity index is 1220. The lowest BCUT2D eigenvalue weighted by Gasteiger charge is -2.13. The number of thioether (sulfide) groups is 1. The van der Waals surface area contributed by atoms with Crippen molar-refractivity contribution in [1.82, 2.24) is 4.90 Å². The smallest absolute Gasteiger partial charge is 0.293 e. The van der Waals surface area contributed by atoms with Gasteiger partial charge in [-0.2, -0.15) is 0 Å². The maximum absolute atomic E-state index is 13.0. The molecule has 0 aromatic heterocycles. The average Bonchev–Trinajstić information content (AvgIpc) is 3.03. The Labute approximate surface area is 217 Å². The molecule has 2 amide bonds. The van der Waals surface area contributed by atoms with Gasteiger partial charge in [-0.3, -0.25) is 14.5 Å². The molecule has 0 radical (unpaired) electrons. The predicted molar refractivity (Wildman–Crippen MR) is 141 cm³/mol. The van der Waals surface area contributed by atoms with Gasteiger partial charge in [0.05, 0.1) is 11.4 Å². The monoisotopic (exact) mass is 639 g/mol. The lowest BCUT2D eigenvalue weighted by molar-refractivity contribution is -0.123. The van der Waals surface area contributed by atoms with Crippen molar-refractivity contribution in [2.75, 3.05) is 0 Å². The number of rotatable bonds is 6. The van der Waals surface area contributed by atoms with Crippen molar-refractivity contribution in [3.63, 3.8) is 0 Å². The van der Waals surface area contributed by atoms with E-state index in [0.717, 1.165) is 30.9 Å². The number of halogens is 3. The SMILES string of the molecule is O=C1S/C(=C/c2cc(Br)ccc2OCc2ccccc2Cl)C(=O)N1Cc1ccc(I)cc1. The molecule has 1 aliphatic rings. The lowest BCUT2D eigenvalue weighted by Crippen LogP contribution is -2.27. The second kappa shape index (κ2) is 10.4. The Morgan fingerprint density at radius 1 is 1.06 bits per heavy atom. The summed E-state index contributed by atoms with van der Waals surface area (Å²) < 4.78 is 7.93. The van der Waals surface area contributed by atoms with E-state index in [2.05, 4.69) is 38.5 Å². The summed E-state index contributed by atoms with van der Waals surface area (Å²) in [6.07, 6.45) is 1.70. The maximum Gasteiger partial charge on any atom is 0.293 e. The van der Waals surface area contributed by atoms with Gasteiger partial charge in [0.25, 0.3) is 11.1 Å². The van der Waals surface area contributed by atoms with Gasteiger partial charge in [0.15, 0.2) is 0 Å². The maximum atomic E-state index is 13.0. The zero-order chi connectivity index (χ0) is 22.7. The molecule has 1 saturated heterocycles. The van der Waals surface area contributed by atoms with Crippen molar-refractivity contribution in [3.05, 3.63) is 101 Å². The van der Waals surface area contributed by atoms with Gasteiger partial charge in [0, 0.05) is 24.2 Å². The van der Waals surface area contributed by atoms with E-state index in [-0.39, 0.29) is 24.3 Å². The van der Waals surface area contributed by atoms with Crippen LogP contribution in [0.1, 0.15) is 16.7 Å². The van der Waals surface area contributed by atoms with Crippen molar-refractivity contribution >= 4 is 79.1 Å². The largest absolute Gasteiger partial charge is 0.488 e. The summed E-state index contributed by atoms with van der Waals surface area (Å²) in [4.78, 5) is 27.1. The second-order valence-corrected chi connectivity index (χ2v) is 10.5. The Morgan fingerprint density at radius 2 is 1.81 bits per heavy atom. The molecule has 0 spiro atoms. The minimum Gasteiger partial charge on any atom is -0.488 e. The summed E-state index contributed by atoms with van der Waals surface area (Å²) in [6, 6.07) is 20.8. The zero-order valence-corrected chi connectivity index (χ0v) is 21.9. The Kier molecular flexibility index (Phi) is 7.60. The summed E-state index contributed by atoms with van der Waals surface area (Å²) in [5.41, 5.74) is 2.47. The van der Waals surface area contributed by atoms with Crippen LogP contribution in [0, 0.1) is 3.57 Å². The van der Waals surface area contributed by atoms with Gasteiger partial charge >= 0.3 is 0 Å². The van der Waals surface area contributed by atoms with Gasteiger partial charge in [-0.15, -0.1) is 0 Å². The molecule has 0 N–H and O–H groups in total. The third kappa shape index (κ3) is 5.57.